The molecule has 2 aromatic rings. The molecule has 2 unspecified atom stereocenters. The van der Waals surface area contributed by atoms with Gasteiger partial charge in [-0.1, -0.05) is 36.4 Å². The maximum Gasteiger partial charge on any atom is 0.252 e. The summed E-state index contributed by atoms with van der Waals surface area (Å²) in [6.07, 6.45) is 0.969. The van der Waals surface area contributed by atoms with Gasteiger partial charge in [-0.25, -0.2) is 8.42 Å². The van der Waals surface area contributed by atoms with Gasteiger partial charge in [0.2, 0.25) is 5.91 Å². The van der Waals surface area contributed by atoms with Gasteiger partial charge in [0.1, 0.15) is 10.3 Å². The topological polar surface area (TPSA) is 66.9 Å². The van der Waals surface area contributed by atoms with Gasteiger partial charge in [-0.3, -0.25) is 4.79 Å². The summed E-state index contributed by atoms with van der Waals surface area (Å²) in [5.74, 6) is -0.0132. The average molecular weight is 435 g/mol. The fourth-order valence-corrected chi connectivity index (χ4v) is 6.74. The minimum Gasteiger partial charge on any atom is -0.367 e. The fourth-order valence-electron chi connectivity index (χ4n) is 4.12. The Morgan fingerprint density at radius 1 is 1.07 bits per heavy atom. The van der Waals surface area contributed by atoms with Crippen LogP contribution in [0.1, 0.15) is 31.4 Å². The Morgan fingerprint density at radius 2 is 1.79 bits per heavy atom. The van der Waals surface area contributed by atoms with Gasteiger partial charge in [-0.2, -0.15) is 4.31 Å². The molecule has 0 saturated carbocycles. The van der Waals surface area contributed by atoms with Crippen LogP contribution in [0.5, 0.6) is 0 Å². The van der Waals surface area contributed by atoms with E-state index in [4.69, 9.17) is 4.74 Å². The molecule has 0 N–H and O–H groups in total. The largest absolute Gasteiger partial charge is 0.367 e. The molecule has 0 aliphatic carbocycles. The highest BCUT2D eigenvalue weighted by molar-refractivity contribution is 7.91. The lowest BCUT2D eigenvalue weighted by Gasteiger charge is -2.40. The number of hydrogen-bond donors (Lipinski definition) is 0. The van der Waals surface area contributed by atoms with Crippen molar-refractivity contribution in [3.8, 4) is 0 Å². The monoisotopic (exact) mass is 434 g/mol. The van der Waals surface area contributed by atoms with Gasteiger partial charge in [-0.15, -0.1) is 11.3 Å². The summed E-state index contributed by atoms with van der Waals surface area (Å²) < 4.78 is 33.3. The van der Waals surface area contributed by atoms with E-state index in [1.807, 2.05) is 42.2 Å². The van der Waals surface area contributed by atoms with Crippen molar-refractivity contribution in [3.63, 3.8) is 0 Å². The lowest BCUT2D eigenvalue weighted by atomic mass is 9.95. The second-order valence-corrected chi connectivity index (χ2v) is 10.8. The number of nitrogens with zero attached hydrogens (tertiary/aromatic N) is 2. The third kappa shape index (κ3) is 4.40. The molecule has 3 heterocycles. The maximum absolute atomic E-state index is 13.2. The van der Waals surface area contributed by atoms with Crippen molar-refractivity contribution in [1.82, 2.24) is 9.21 Å². The molecule has 156 valence electrons. The zero-order valence-electron chi connectivity index (χ0n) is 16.4. The van der Waals surface area contributed by atoms with Crippen molar-refractivity contribution < 1.29 is 17.9 Å². The first-order valence-corrected chi connectivity index (χ1v) is 12.3. The van der Waals surface area contributed by atoms with Crippen LogP contribution in [0.3, 0.4) is 0 Å². The zero-order valence-corrected chi connectivity index (χ0v) is 18.1. The summed E-state index contributed by atoms with van der Waals surface area (Å²) >= 11 is 1.23. The van der Waals surface area contributed by atoms with Crippen LogP contribution in [0.15, 0.2) is 52.1 Å². The van der Waals surface area contributed by atoms with Crippen molar-refractivity contribution in [1.29, 1.82) is 0 Å². The standard InChI is InChI=1S/C21H26N2O4S2/c1-16-14-22(15-19(27-16)17-6-3-2-4-7-17)21(24)18-9-11-23(12-10-18)29(25,26)20-8-5-13-28-20/h2-8,13,16,18-19H,9-12,14-15H2,1H3. The molecule has 2 aliphatic rings. The summed E-state index contributed by atoms with van der Waals surface area (Å²) in [6, 6.07) is 13.4. The molecule has 1 amide bonds. The van der Waals surface area contributed by atoms with E-state index >= 15 is 0 Å². The Morgan fingerprint density at radius 3 is 2.45 bits per heavy atom. The molecule has 6 nitrogen and oxygen atoms in total. The van der Waals surface area contributed by atoms with E-state index in [1.54, 1.807) is 17.5 Å². The molecule has 2 aliphatic heterocycles. The molecule has 29 heavy (non-hydrogen) atoms. The number of amides is 1. The molecule has 1 aromatic carbocycles. The van der Waals surface area contributed by atoms with Crippen LogP contribution in [0.2, 0.25) is 0 Å². The van der Waals surface area contributed by atoms with Gasteiger partial charge in [-0.05, 0) is 36.8 Å². The van der Waals surface area contributed by atoms with Crippen molar-refractivity contribution in [2.24, 2.45) is 5.92 Å². The Hall–Kier alpha value is -1.74. The van der Waals surface area contributed by atoms with Gasteiger partial charge >= 0.3 is 0 Å². The summed E-state index contributed by atoms with van der Waals surface area (Å²) in [5, 5.41) is 1.77. The highest BCUT2D eigenvalue weighted by Gasteiger charge is 2.37. The number of hydrogen-bond acceptors (Lipinski definition) is 5. The second-order valence-electron chi connectivity index (χ2n) is 7.70. The smallest absolute Gasteiger partial charge is 0.252 e. The normalized spacial score (nSPS) is 24.5. The summed E-state index contributed by atoms with van der Waals surface area (Å²) in [6.45, 7) is 3.89. The van der Waals surface area contributed by atoms with E-state index in [9.17, 15) is 13.2 Å². The predicted molar refractivity (Wildman–Crippen MR) is 112 cm³/mol. The van der Waals surface area contributed by atoms with Gasteiger partial charge < -0.3 is 9.64 Å². The predicted octanol–water partition coefficient (Wildman–Crippen LogP) is 3.14. The molecule has 2 saturated heterocycles. The highest BCUT2D eigenvalue weighted by atomic mass is 32.2. The molecule has 1 aromatic heterocycles. The lowest BCUT2D eigenvalue weighted by Crippen LogP contribution is -2.50. The average Bonchev–Trinajstić information content (AvgIpc) is 3.29. The minimum absolute atomic E-state index is 0.0304. The van der Waals surface area contributed by atoms with E-state index in [1.165, 1.54) is 15.6 Å². The Balaban J connectivity index is 1.39. The van der Waals surface area contributed by atoms with E-state index in [2.05, 4.69) is 0 Å². The van der Waals surface area contributed by atoms with Gasteiger partial charge in [0.25, 0.3) is 10.0 Å². The SMILES string of the molecule is CC1CN(C(=O)C2CCN(S(=O)(=O)c3cccs3)CC2)CC(c2ccccc2)O1. The number of carbonyl (C=O) groups excluding carboxylic acids is 1. The first kappa shape index (κ1) is 20.5. The Kier molecular flexibility index (Phi) is 6.06. The highest BCUT2D eigenvalue weighted by Crippen LogP contribution is 2.30. The lowest BCUT2D eigenvalue weighted by molar-refractivity contribution is -0.150. The number of thiophene rings is 1. The number of rotatable bonds is 4. The molecule has 2 atom stereocenters. The molecule has 0 bridgehead atoms. The van der Waals surface area contributed by atoms with Crippen LogP contribution < -0.4 is 0 Å². The quantitative estimate of drug-likeness (QED) is 0.742. The van der Waals surface area contributed by atoms with E-state index in [0.717, 1.165) is 5.56 Å². The Bertz CT molecular complexity index is 923. The van der Waals surface area contributed by atoms with Gasteiger partial charge in [0.15, 0.2) is 0 Å². The van der Waals surface area contributed by atoms with Crippen LogP contribution in [0.4, 0.5) is 0 Å². The van der Waals surface area contributed by atoms with Crippen LogP contribution in [0.25, 0.3) is 0 Å². The fraction of sp³-hybridized carbons (Fsp3) is 0.476. The number of carbonyl (C=O) groups is 1. The molecule has 0 spiro atoms. The molecule has 8 heteroatoms. The summed E-state index contributed by atoms with van der Waals surface area (Å²) in [7, 11) is -3.44. The summed E-state index contributed by atoms with van der Waals surface area (Å²) in [5.41, 5.74) is 1.08. The van der Waals surface area contributed by atoms with Gasteiger partial charge in [0.05, 0.1) is 12.6 Å². The number of morpholine rings is 1. The van der Waals surface area contributed by atoms with Crippen LogP contribution in [-0.4, -0.2) is 55.8 Å². The van der Waals surface area contributed by atoms with Crippen molar-refractivity contribution in [2.45, 2.75) is 36.2 Å². The van der Waals surface area contributed by atoms with Crippen molar-refractivity contribution in [2.75, 3.05) is 26.2 Å². The maximum atomic E-state index is 13.2. The first-order valence-electron chi connectivity index (χ1n) is 9.98. The second kappa shape index (κ2) is 8.55. The molecule has 2 fully saturated rings. The third-order valence-corrected chi connectivity index (χ3v) is 8.91. The number of ether oxygens (including phenoxy) is 1. The van der Waals surface area contributed by atoms with Crippen LogP contribution >= 0.6 is 11.3 Å². The van der Waals surface area contributed by atoms with Crippen LogP contribution in [0, 0.1) is 5.92 Å². The number of piperidine rings is 1. The van der Waals surface area contributed by atoms with Crippen LogP contribution in [-0.2, 0) is 19.6 Å². The van der Waals surface area contributed by atoms with E-state index < -0.39 is 10.0 Å². The molecule has 0 radical (unpaired) electrons. The van der Waals surface area contributed by atoms with E-state index in [0.29, 0.717) is 43.2 Å². The van der Waals surface area contributed by atoms with Crippen molar-refractivity contribution in [3.05, 3.63) is 53.4 Å². The third-order valence-electron chi connectivity index (χ3n) is 5.64. The first-order chi connectivity index (χ1) is 13.9. The van der Waals surface area contributed by atoms with Crippen molar-refractivity contribution >= 4 is 27.3 Å². The number of sulfonamides is 1. The Labute approximate surface area is 176 Å². The molecular formula is C21H26N2O4S2. The van der Waals surface area contributed by atoms with Gasteiger partial charge in [0, 0.05) is 25.6 Å². The molecule has 4 rings (SSSR count). The van der Waals surface area contributed by atoms with E-state index in [-0.39, 0.29) is 24.0 Å². The number of benzene rings is 1. The summed E-state index contributed by atoms with van der Waals surface area (Å²) in [4.78, 5) is 15.1. The zero-order chi connectivity index (χ0) is 20.4. The minimum atomic E-state index is -3.44. The molecular weight excluding hydrogens is 408 g/mol.